The standard InChI is InChI=1S/C55H69FN8O8/c1-35(56)50(67)59-28-10-9-17-44(49(57)66)60-55(72)48(34-65)64-53(70)45(24-20-36-11-3-2-4-12-36)61-52(69)46(25-21-37-18-22-39-13-5-7-15-42(39)31-37)62-54(71)47(63-51(68)41-26-29-58-30-27-41)33-38-19-23-40-14-6-8-16-43(40)32-38/h2-8,11-16,19,22-23,31-32,35,37,41,44-48,58,65H,9-10,17-18,20-21,24-30,33-34H2,1H3,(H2,57,66)(H,59,67)(H,60,72)(H,61,69)(H,62,71)(H,63,68)(H,64,70)/t35?,37?,44-,45-,46+,47+,48-/m0/s1. The summed E-state index contributed by atoms with van der Waals surface area (Å²) >= 11 is 0. The van der Waals surface area contributed by atoms with E-state index in [4.69, 9.17) is 5.73 Å². The Hall–Kier alpha value is -6.98. The van der Waals surface area contributed by atoms with Gasteiger partial charge in [0.2, 0.25) is 35.4 Å². The van der Waals surface area contributed by atoms with Crippen LogP contribution in [0.15, 0.2) is 97.1 Å². The number of aliphatic hydroxyl groups is 1. The van der Waals surface area contributed by atoms with Crippen LogP contribution in [0.25, 0.3) is 22.9 Å². The summed E-state index contributed by atoms with van der Waals surface area (Å²) in [6, 6.07) is 24.7. The number of amides is 7. The minimum Gasteiger partial charge on any atom is -0.394 e. The van der Waals surface area contributed by atoms with E-state index >= 15 is 0 Å². The molecule has 6 rings (SSSR count). The maximum atomic E-state index is 14.8. The van der Waals surface area contributed by atoms with Gasteiger partial charge in [0.15, 0.2) is 6.17 Å². The molecule has 16 nitrogen and oxygen atoms in total. The molecule has 384 valence electrons. The van der Waals surface area contributed by atoms with E-state index in [0.29, 0.717) is 58.0 Å². The molecule has 1 aliphatic carbocycles. The van der Waals surface area contributed by atoms with Crippen molar-refractivity contribution in [1.82, 2.24) is 37.2 Å². The van der Waals surface area contributed by atoms with Gasteiger partial charge in [-0.2, -0.15) is 0 Å². The second-order valence-corrected chi connectivity index (χ2v) is 18.8. The van der Waals surface area contributed by atoms with Crippen LogP contribution in [-0.2, 0) is 46.4 Å². The highest BCUT2D eigenvalue weighted by molar-refractivity contribution is 5.96. The van der Waals surface area contributed by atoms with Crippen LogP contribution in [0.2, 0.25) is 0 Å². The number of benzene rings is 4. The van der Waals surface area contributed by atoms with E-state index < -0.39 is 78.4 Å². The SMILES string of the molecule is CC(F)C(=O)NCCCC[C@H](NC(=O)[C@H](CO)NC(=O)[C@H](CCc1ccccc1)NC(=O)[C@@H](CCC1C=c2ccccc2=CC1)NC(=O)[C@@H](Cc1ccc2ccccc2c1)NC(=O)C1CCNCC1)C(N)=O. The lowest BCUT2D eigenvalue weighted by molar-refractivity contribution is -0.136. The third kappa shape index (κ3) is 16.6. The summed E-state index contributed by atoms with van der Waals surface area (Å²) in [6.07, 6.45) is 6.46. The summed E-state index contributed by atoms with van der Waals surface area (Å²) in [5.74, 6) is -5.10. The van der Waals surface area contributed by atoms with E-state index in [9.17, 15) is 43.1 Å². The van der Waals surface area contributed by atoms with Gasteiger partial charge in [0.1, 0.15) is 30.2 Å². The van der Waals surface area contributed by atoms with E-state index in [1.165, 1.54) is 0 Å². The highest BCUT2D eigenvalue weighted by Crippen LogP contribution is 2.20. The van der Waals surface area contributed by atoms with Gasteiger partial charge in [0.05, 0.1) is 6.61 Å². The normalized spacial score (nSPS) is 16.9. The van der Waals surface area contributed by atoms with Crippen molar-refractivity contribution < 1.29 is 43.1 Å². The third-order valence-corrected chi connectivity index (χ3v) is 13.4. The molecular weight excluding hydrogens is 920 g/mol. The van der Waals surface area contributed by atoms with Crippen LogP contribution in [0.1, 0.15) is 75.8 Å². The van der Waals surface area contributed by atoms with Crippen molar-refractivity contribution in [2.24, 2.45) is 17.6 Å². The van der Waals surface area contributed by atoms with E-state index in [0.717, 1.165) is 39.3 Å². The van der Waals surface area contributed by atoms with Crippen LogP contribution in [-0.4, -0.2) is 109 Å². The van der Waals surface area contributed by atoms with Crippen LogP contribution in [0.5, 0.6) is 0 Å². The first-order chi connectivity index (χ1) is 34.8. The minimum atomic E-state index is -1.68. The lowest BCUT2D eigenvalue weighted by Gasteiger charge is -2.28. The Morgan fingerprint density at radius 1 is 0.653 bits per heavy atom. The number of halogens is 1. The summed E-state index contributed by atoms with van der Waals surface area (Å²) in [5.41, 5.74) is 7.26. The molecule has 2 aliphatic rings. The van der Waals surface area contributed by atoms with Gasteiger partial charge in [0, 0.05) is 18.9 Å². The van der Waals surface area contributed by atoms with Gasteiger partial charge in [-0.3, -0.25) is 33.6 Å². The number of aliphatic hydroxyl groups excluding tert-OH is 1. The fraction of sp³-hybridized carbons (Fsp3) is 0.436. The summed E-state index contributed by atoms with van der Waals surface area (Å²) in [6.45, 7) is 1.72. The number of alkyl halides is 1. The minimum absolute atomic E-state index is 0.0244. The zero-order valence-corrected chi connectivity index (χ0v) is 40.9. The number of piperidine rings is 1. The van der Waals surface area contributed by atoms with Crippen LogP contribution < -0.4 is 53.4 Å². The summed E-state index contributed by atoms with van der Waals surface area (Å²) in [7, 11) is 0. The largest absolute Gasteiger partial charge is 0.394 e. The van der Waals surface area contributed by atoms with E-state index in [1.807, 2.05) is 97.1 Å². The van der Waals surface area contributed by atoms with Gasteiger partial charge >= 0.3 is 0 Å². The molecule has 7 atom stereocenters. The molecule has 1 saturated heterocycles. The predicted molar refractivity (Wildman–Crippen MR) is 273 cm³/mol. The number of rotatable bonds is 26. The number of primary amides is 1. The van der Waals surface area contributed by atoms with Crippen molar-refractivity contribution in [1.29, 1.82) is 0 Å². The van der Waals surface area contributed by atoms with Crippen LogP contribution >= 0.6 is 0 Å². The van der Waals surface area contributed by atoms with Gasteiger partial charge in [0.25, 0.3) is 5.91 Å². The molecule has 17 heteroatoms. The first kappa shape index (κ1) is 54.4. The number of nitrogens with one attached hydrogen (secondary N) is 7. The number of fused-ring (bicyclic) bond motifs is 2. The molecule has 0 bridgehead atoms. The highest BCUT2D eigenvalue weighted by atomic mass is 19.1. The molecule has 4 aromatic carbocycles. The quantitative estimate of drug-likeness (QED) is 0.0415. The molecule has 4 aromatic rings. The third-order valence-electron chi connectivity index (χ3n) is 13.4. The summed E-state index contributed by atoms with van der Waals surface area (Å²) in [5, 5.41) is 34.1. The molecule has 1 fully saturated rings. The Morgan fingerprint density at radius 3 is 1.96 bits per heavy atom. The number of carbonyl (C=O) groups is 7. The van der Waals surface area contributed by atoms with Gasteiger partial charge in [-0.05, 0) is 122 Å². The molecule has 0 saturated carbocycles. The summed E-state index contributed by atoms with van der Waals surface area (Å²) < 4.78 is 13.2. The van der Waals surface area contributed by atoms with Crippen molar-refractivity contribution in [3.63, 3.8) is 0 Å². The zero-order valence-electron chi connectivity index (χ0n) is 40.9. The molecule has 0 aromatic heterocycles. The first-order valence-electron chi connectivity index (χ1n) is 25.1. The molecule has 7 amide bonds. The zero-order chi connectivity index (χ0) is 51.4. The van der Waals surface area contributed by atoms with Crippen LogP contribution in [0.4, 0.5) is 4.39 Å². The topological polar surface area (TPSA) is 250 Å². The second kappa shape index (κ2) is 27.6. The number of hydrogen-bond donors (Lipinski definition) is 9. The fourth-order valence-electron chi connectivity index (χ4n) is 9.10. The predicted octanol–water partition coefficient (Wildman–Crippen LogP) is 1.62. The van der Waals surface area contributed by atoms with Gasteiger partial charge in [-0.1, -0.05) is 109 Å². The second-order valence-electron chi connectivity index (χ2n) is 18.8. The van der Waals surface area contributed by atoms with Crippen molar-refractivity contribution >= 4 is 64.3 Å². The Kier molecular flexibility index (Phi) is 20.8. The molecule has 1 aliphatic heterocycles. The Labute approximate surface area is 419 Å². The van der Waals surface area contributed by atoms with Crippen LogP contribution in [0, 0.1) is 11.8 Å². The van der Waals surface area contributed by atoms with Crippen LogP contribution in [0.3, 0.4) is 0 Å². The Balaban J connectivity index is 1.22. The molecule has 1 heterocycles. The lowest BCUT2D eigenvalue weighted by atomic mass is 9.91. The maximum Gasteiger partial charge on any atom is 0.254 e. The first-order valence-corrected chi connectivity index (χ1v) is 25.1. The monoisotopic (exact) mass is 989 g/mol. The molecule has 0 spiro atoms. The van der Waals surface area contributed by atoms with Gasteiger partial charge in [-0.25, -0.2) is 4.39 Å². The Bertz CT molecular complexity index is 2630. The molecule has 10 N–H and O–H groups in total. The average Bonchev–Trinajstić information content (AvgIpc) is 3.39. The molecule has 0 radical (unpaired) electrons. The number of carbonyl (C=O) groups excluding carboxylic acids is 7. The number of aryl methyl sites for hydroxylation is 1. The highest BCUT2D eigenvalue weighted by Gasteiger charge is 2.34. The van der Waals surface area contributed by atoms with Crippen molar-refractivity contribution in [2.45, 2.75) is 114 Å². The van der Waals surface area contributed by atoms with E-state index in [2.05, 4.69) is 49.4 Å². The van der Waals surface area contributed by atoms with E-state index in [1.54, 1.807) is 0 Å². The van der Waals surface area contributed by atoms with Gasteiger partial charge < -0.3 is 48.1 Å². The molecular formula is C55H69FN8O8. The number of nitrogens with two attached hydrogens (primary N) is 1. The lowest BCUT2D eigenvalue weighted by Crippen LogP contribution is -2.60. The summed E-state index contributed by atoms with van der Waals surface area (Å²) in [4.78, 5) is 95.0. The number of hydrogen-bond acceptors (Lipinski definition) is 9. The van der Waals surface area contributed by atoms with Gasteiger partial charge in [-0.15, -0.1) is 0 Å². The fourth-order valence-corrected chi connectivity index (χ4v) is 9.10. The van der Waals surface area contributed by atoms with E-state index in [-0.39, 0.29) is 50.0 Å². The smallest absolute Gasteiger partial charge is 0.254 e. The van der Waals surface area contributed by atoms with Crippen molar-refractivity contribution in [3.05, 3.63) is 119 Å². The molecule has 72 heavy (non-hydrogen) atoms. The van der Waals surface area contributed by atoms with Crippen molar-refractivity contribution in [2.75, 3.05) is 26.2 Å². The Morgan fingerprint density at radius 2 is 1.26 bits per heavy atom. The van der Waals surface area contributed by atoms with Crippen molar-refractivity contribution in [3.8, 4) is 0 Å². The average molecular weight is 989 g/mol. The number of unbranched alkanes of at least 4 members (excludes halogenated alkanes) is 1. The molecule has 2 unspecified atom stereocenters. The maximum absolute atomic E-state index is 14.8.